The van der Waals surface area contributed by atoms with Crippen LogP contribution in [0.25, 0.3) is 6.08 Å². The third kappa shape index (κ3) is 4.06. The van der Waals surface area contributed by atoms with Crippen molar-refractivity contribution < 1.29 is 8.42 Å². The van der Waals surface area contributed by atoms with Crippen LogP contribution in [-0.2, 0) is 28.3 Å². The lowest BCUT2D eigenvalue weighted by Gasteiger charge is -2.46. The fourth-order valence-electron chi connectivity index (χ4n) is 5.25. The molecule has 0 radical (unpaired) electrons. The molecule has 1 unspecified atom stereocenters. The summed E-state index contributed by atoms with van der Waals surface area (Å²) in [6.45, 7) is 7.37. The van der Waals surface area contributed by atoms with Gasteiger partial charge in [-0.1, -0.05) is 68.8 Å². The number of hydrogen-bond donors (Lipinski definition) is 1. The highest BCUT2D eigenvalue weighted by molar-refractivity contribution is 7.89. The number of nitrogens with zero attached hydrogens (tertiary/aromatic N) is 2. The summed E-state index contributed by atoms with van der Waals surface area (Å²) in [4.78, 5) is 0.373. The topological polar surface area (TPSA) is 66.1 Å². The molecule has 1 aromatic heterocycles. The van der Waals surface area contributed by atoms with Gasteiger partial charge in [0.1, 0.15) is 0 Å². The second-order valence-electron chi connectivity index (χ2n) is 10.5. The number of fused-ring (bicyclic) bond motifs is 2. The molecule has 1 aliphatic heterocycles. The van der Waals surface area contributed by atoms with E-state index in [0.29, 0.717) is 18.0 Å². The minimum atomic E-state index is -3.59. The minimum absolute atomic E-state index is 0.0166. The first-order valence-electron chi connectivity index (χ1n) is 11.6. The molecule has 0 amide bonds. The Balaban J connectivity index is 1.50. The lowest BCUT2D eigenvalue weighted by atomic mass is 9.66. The van der Waals surface area contributed by atoms with Gasteiger partial charge in [0, 0.05) is 18.5 Å². The van der Waals surface area contributed by atoms with Gasteiger partial charge in [-0.05, 0) is 59.6 Å². The molecular weight excluding hydrogens is 430 g/mol. The lowest BCUT2D eigenvalue weighted by molar-refractivity contribution is 0.209. The van der Waals surface area contributed by atoms with Gasteiger partial charge in [-0.15, -0.1) is 0 Å². The number of rotatable bonds is 4. The zero-order chi connectivity index (χ0) is 23.3. The van der Waals surface area contributed by atoms with Crippen molar-refractivity contribution in [2.45, 2.75) is 50.3 Å². The Morgan fingerprint density at radius 3 is 2.48 bits per heavy atom. The number of sulfonamides is 1. The van der Waals surface area contributed by atoms with Gasteiger partial charge in [-0.3, -0.25) is 5.10 Å². The molecule has 5 nitrogen and oxygen atoms in total. The SMILES string of the molecule is CC(C)(C)c1ccc(S(=O)(=O)N2CCC3=Cc4[nH]ncc4CC3(Cc3ccccc3)C2)cc1. The summed E-state index contributed by atoms with van der Waals surface area (Å²) in [6, 6.07) is 17.8. The van der Waals surface area contributed by atoms with E-state index in [9.17, 15) is 8.42 Å². The zero-order valence-corrected chi connectivity index (χ0v) is 20.3. The maximum atomic E-state index is 13.7. The van der Waals surface area contributed by atoms with Crippen molar-refractivity contribution in [3.8, 4) is 0 Å². The van der Waals surface area contributed by atoms with Gasteiger partial charge in [0.15, 0.2) is 0 Å². The fourth-order valence-corrected chi connectivity index (χ4v) is 6.78. The number of H-pyrrole nitrogens is 1. The van der Waals surface area contributed by atoms with Gasteiger partial charge >= 0.3 is 0 Å². The molecule has 2 aliphatic rings. The van der Waals surface area contributed by atoms with Crippen molar-refractivity contribution >= 4 is 16.1 Å². The molecule has 0 bridgehead atoms. The van der Waals surface area contributed by atoms with Crippen molar-refractivity contribution in [1.82, 2.24) is 14.5 Å². The first-order valence-corrected chi connectivity index (χ1v) is 13.0. The Hall–Kier alpha value is -2.70. The smallest absolute Gasteiger partial charge is 0.243 e. The predicted octanol–water partition coefficient (Wildman–Crippen LogP) is 4.97. The first kappa shape index (κ1) is 22.1. The molecule has 0 spiro atoms. The molecule has 1 N–H and O–H groups in total. The first-order chi connectivity index (χ1) is 15.7. The average Bonchev–Trinajstić information content (AvgIpc) is 3.23. The maximum absolute atomic E-state index is 13.7. The molecule has 1 aliphatic carbocycles. The summed E-state index contributed by atoms with van der Waals surface area (Å²) >= 11 is 0. The normalized spacial score (nSPS) is 21.2. The van der Waals surface area contributed by atoms with Gasteiger partial charge in [-0.25, -0.2) is 8.42 Å². The number of piperidine rings is 1. The van der Waals surface area contributed by atoms with Crippen LogP contribution < -0.4 is 0 Å². The van der Waals surface area contributed by atoms with Crippen LogP contribution in [0.15, 0.2) is 71.3 Å². The molecule has 172 valence electrons. The van der Waals surface area contributed by atoms with E-state index < -0.39 is 10.0 Å². The molecule has 1 saturated heterocycles. The van der Waals surface area contributed by atoms with Crippen LogP contribution in [0, 0.1) is 5.41 Å². The van der Waals surface area contributed by atoms with E-state index in [1.807, 2.05) is 24.4 Å². The zero-order valence-electron chi connectivity index (χ0n) is 19.5. The largest absolute Gasteiger partial charge is 0.278 e. The number of benzene rings is 2. The molecule has 33 heavy (non-hydrogen) atoms. The van der Waals surface area contributed by atoms with E-state index in [1.54, 1.807) is 16.4 Å². The highest BCUT2D eigenvalue weighted by Crippen LogP contribution is 2.46. The summed E-state index contributed by atoms with van der Waals surface area (Å²) in [6.07, 6.45) is 6.41. The Morgan fingerprint density at radius 1 is 1.06 bits per heavy atom. The average molecular weight is 462 g/mol. The van der Waals surface area contributed by atoms with Crippen molar-refractivity contribution in [3.05, 3.63) is 88.8 Å². The monoisotopic (exact) mass is 461 g/mol. The van der Waals surface area contributed by atoms with Crippen LogP contribution in [0.3, 0.4) is 0 Å². The van der Waals surface area contributed by atoms with E-state index >= 15 is 0 Å². The summed E-state index contributed by atoms with van der Waals surface area (Å²) in [7, 11) is -3.59. The lowest BCUT2D eigenvalue weighted by Crippen LogP contribution is -2.50. The third-order valence-corrected chi connectivity index (χ3v) is 8.99. The van der Waals surface area contributed by atoms with Gasteiger partial charge in [0.2, 0.25) is 10.0 Å². The molecule has 6 heteroatoms. The second-order valence-corrected chi connectivity index (χ2v) is 12.4. The molecule has 1 fully saturated rings. The van der Waals surface area contributed by atoms with Crippen molar-refractivity contribution in [2.24, 2.45) is 5.41 Å². The molecule has 5 rings (SSSR count). The highest BCUT2D eigenvalue weighted by Gasteiger charge is 2.45. The maximum Gasteiger partial charge on any atom is 0.243 e. The molecule has 3 aromatic rings. The Labute approximate surface area is 196 Å². The van der Waals surface area contributed by atoms with Crippen molar-refractivity contribution in [1.29, 1.82) is 0 Å². The molecular formula is C27H31N3O2S. The fraction of sp³-hybridized carbons (Fsp3) is 0.370. The molecule has 0 saturated carbocycles. The number of aromatic nitrogens is 2. The van der Waals surface area contributed by atoms with Crippen LogP contribution in [0.2, 0.25) is 0 Å². The van der Waals surface area contributed by atoms with E-state index in [-0.39, 0.29) is 10.8 Å². The van der Waals surface area contributed by atoms with Crippen LogP contribution in [0.4, 0.5) is 0 Å². The van der Waals surface area contributed by atoms with E-state index in [4.69, 9.17) is 0 Å². The van der Waals surface area contributed by atoms with Crippen molar-refractivity contribution in [2.75, 3.05) is 13.1 Å². The van der Waals surface area contributed by atoms with Gasteiger partial charge in [0.05, 0.1) is 16.8 Å². The Morgan fingerprint density at radius 2 is 1.79 bits per heavy atom. The third-order valence-electron chi connectivity index (χ3n) is 7.13. The minimum Gasteiger partial charge on any atom is -0.278 e. The van der Waals surface area contributed by atoms with Gasteiger partial charge in [0.25, 0.3) is 0 Å². The van der Waals surface area contributed by atoms with Crippen LogP contribution in [0.1, 0.15) is 49.6 Å². The summed E-state index contributed by atoms with van der Waals surface area (Å²) in [5, 5.41) is 7.34. The number of nitrogens with one attached hydrogen (secondary N) is 1. The van der Waals surface area contributed by atoms with E-state index in [2.05, 4.69) is 61.3 Å². The van der Waals surface area contributed by atoms with Crippen LogP contribution in [0.5, 0.6) is 0 Å². The molecule has 1 atom stereocenters. The van der Waals surface area contributed by atoms with Crippen LogP contribution in [-0.4, -0.2) is 36.0 Å². The standard InChI is InChI=1S/C27H31N3O2S/c1-26(2,3)22-9-11-24(12-10-22)33(31,32)30-14-13-23-15-25-21(18-28-29-25)17-27(23,19-30)16-20-7-5-4-6-8-20/h4-12,15,18H,13-14,16-17,19H2,1-3H3,(H,28,29). The summed E-state index contributed by atoms with van der Waals surface area (Å²) in [5.74, 6) is 0. The van der Waals surface area contributed by atoms with Crippen molar-refractivity contribution in [3.63, 3.8) is 0 Å². The summed E-state index contributed by atoms with van der Waals surface area (Å²) in [5.41, 5.74) is 5.60. The molecule has 2 heterocycles. The molecule has 2 aromatic carbocycles. The van der Waals surface area contributed by atoms with Gasteiger partial charge < -0.3 is 0 Å². The highest BCUT2D eigenvalue weighted by atomic mass is 32.2. The van der Waals surface area contributed by atoms with E-state index in [1.165, 1.54) is 11.1 Å². The Kier molecular flexibility index (Phi) is 5.33. The van der Waals surface area contributed by atoms with E-state index in [0.717, 1.165) is 36.1 Å². The predicted molar refractivity (Wildman–Crippen MR) is 131 cm³/mol. The summed E-state index contributed by atoms with van der Waals surface area (Å²) < 4.78 is 29.1. The number of aromatic amines is 1. The van der Waals surface area contributed by atoms with Gasteiger partial charge in [-0.2, -0.15) is 9.40 Å². The Bertz CT molecular complexity index is 1290. The second kappa shape index (κ2) is 7.96. The number of hydrogen-bond acceptors (Lipinski definition) is 3. The van der Waals surface area contributed by atoms with Crippen LogP contribution >= 0.6 is 0 Å². The quantitative estimate of drug-likeness (QED) is 0.597.